The molecule has 20 heavy (non-hydrogen) atoms. The number of benzene rings is 1. The van der Waals surface area contributed by atoms with E-state index < -0.39 is 0 Å². The van der Waals surface area contributed by atoms with Crippen LogP contribution in [0.25, 0.3) is 0 Å². The summed E-state index contributed by atoms with van der Waals surface area (Å²) in [6.45, 7) is 4.35. The fraction of sp³-hybridized carbons (Fsp3) is 0.500. The molecule has 0 aromatic heterocycles. The van der Waals surface area contributed by atoms with Crippen molar-refractivity contribution in [2.75, 3.05) is 0 Å². The Morgan fingerprint density at radius 1 is 1.40 bits per heavy atom. The normalized spacial score (nSPS) is 23.0. The predicted molar refractivity (Wildman–Crippen MR) is 83.0 cm³/mol. The summed E-state index contributed by atoms with van der Waals surface area (Å²) in [5, 5.41) is 15.8. The molecular weight excluding hydrogens is 270 g/mol. The molecule has 108 valence electrons. The number of hydrogen-bond acceptors (Lipinski definition) is 4. The van der Waals surface area contributed by atoms with Gasteiger partial charge in [-0.15, -0.1) is 11.8 Å². The summed E-state index contributed by atoms with van der Waals surface area (Å²) in [5.74, 6) is 1.23. The molecule has 0 bridgehead atoms. The number of phenolic OH excluding ortho intramolecular Hbond substituents is 1. The lowest BCUT2D eigenvalue weighted by atomic mass is 9.86. The van der Waals surface area contributed by atoms with Gasteiger partial charge in [0.2, 0.25) is 0 Å². The van der Waals surface area contributed by atoms with Gasteiger partial charge in [-0.3, -0.25) is 0 Å². The van der Waals surface area contributed by atoms with Crippen molar-refractivity contribution in [2.24, 2.45) is 0 Å². The summed E-state index contributed by atoms with van der Waals surface area (Å²) in [4.78, 5) is 0. The molecule has 0 saturated heterocycles. The van der Waals surface area contributed by atoms with Crippen LogP contribution in [0, 0.1) is 0 Å². The predicted octanol–water partition coefficient (Wildman–Crippen LogP) is 4.08. The SMILES string of the molecule is CCC1(CC)CCc2c(O)cc(C3NC=CS3)cc2O1. The van der Waals surface area contributed by atoms with Gasteiger partial charge in [-0.1, -0.05) is 13.8 Å². The first-order valence-corrected chi connectivity index (χ1v) is 8.23. The lowest BCUT2D eigenvalue weighted by Gasteiger charge is -2.38. The van der Waals surface area contributed by atoms with Crippen molar-refractivity contribution in [2.45, 2.75) is 50.5 Å². The Bertz CT molecular complexity index is 530. The Labute approximate surface area is 124 Å². The molecule has 1 unspecified atom stereocenters. The maximum atomic E-state index is 10.3. The average molecular weight is 291 g/mol. The molecular formula is C16H21NO2S. The molecule has 0 fully saturated rings. The summed E-state index contributed by atoms with van der Waals surface area (Å²) >= 11 is 1.71. The van der Waals surface area contributed by atoms with Gasteiger partial charge in [-0.2, -0.15) is 0 Å². The van der Waals surface area contributed by atoms with Gasteiger partial charge in [-0.05, 0) is 48.8 Å². The first-order chi connectivity index (χ1) is 9.67. The van der Waals surface area contributed by atoms with Crippen LogP contribution in [0.1, 0.15) is 49.6 Å². The van der Waals surface area contributed by atoms with Gasteiger partial charge in [0.1, 0.15) is 22.5 Å². The molecule has 1 aromatic carbocycles. The van der Waals surface area contributed by atoms with Crippen molar-refractivity contribution in [3.8, 4) is 11.5 Å². The number of ether oxygens (including phenoxy) is 1. The van der Waals surface area contributed by atoms with E-state index in [2.05, 4.69) is 25.2 Å². The van der Waals surface area contributed by atoms with Gasteiger partial charge in [0.05, 0.1) is 0 Å². The zero-order valence-electron chi connectivity index (χ0n) is 12.0. The maximum Gasteiger partial charge on any atom is 0.127 e. The van der Waals surface area contributed by atoms with Crippen LogP contribution in [0.3, 0.4) is 0 Å². The quantitative estimate of drug-likeness (QED) is 0.880. The summed E-state index contributed by atoms with van der Waals surface area (Å²) in [7, 11) is 0. The van der Waals surface area contributed by atoms with Crippen molar-refractivity contribution in [3.05, 3.63) is 34.9 Å². The number of thioether (sulfide) groups is 1. The molecule has 3 nitrogen and oxygen atoms in total. The molecule has 2 N–H and O–H groups in total. The lowest BCUT2D eigenvalue weighted by Crippen LogP contribution is -2.38. The second-order valence-corrected chi connectivity index (χ2v) is 6.51. The second-order valence-electron chi connectivity index (χ2n) is 5.49. The molecule has 4 heteroatoms. The smallest absolute Gasteiger partial charge is 0.127 e. The highest BCUT2D eigenvalue weighted by Crippen LogP contribution is 2.44. The molecule has 0 aliphatic carbocycles. The third kappa shape index (κ3) is 2.26. The van der Waals surface area contributed by atoms with Crippen LogP contribution < -0.4 is 10.1 Å². The van der Waals surface area contributed by atoms with Gasteiger partial charge in [0.15, 0.2) is 0 Å². The Morgan fingerprint density at radius 3 is 2.85 bits per heavy atom. The zero-order valence-corrected chi connectivity index (χ0v) is 12.8. The lowest BCUT2D eigenvalue weighted by molar-refractivity contribution is 0.0375. The third-order valence-corrected chi connectivity index (χ3v) is 5.46. The zero-order chi connectivity index (χ0) is 14.2. The van der Waals surface area contributed by atoms with Crippen LogP contribution in [0.4, 0.5) is 0 Å². The van der Waals surface area contributed by atoms with Gasteiger partial charge in [0.25, 0.3) is 0 Å². The highest BCUT2D eigenvalue weighted by molar-refractivity contribution is 8.02. The Hall–Kier alpha value is -1.29. The minimum atomic E-state index is -0.0629. The van der Waals surface area contributed by atoms with Crippen molar-refractivity contribution < 1.29 is 9.84 Å². The van der Waals surface area contributed by atoms with E-state index in [4.69, 9.17) is 4.74 Å². The highest BCUT2D eigenvalue weighted by Gasteiger charge is 2.34. The van der Waals surface area contributed by atoms with Gasteiger partial charge in [-0.25, -0.2) is 0 Å². The average Bonchev–Trinajstić information content (AvgIpc) is 3.00. The standard InChI is InChI=1S/C16H21NO2S/c1-3-16(4-2)6-5-12-13(18)9-11(10-14(12)19-16)15-17-7-8-20-15/h7-10,15,17-18H,3-6H2,1-2H3. The van der Waals surface area contributed by atoms with E-state index in [0.717, 1.165) is 42.6 Å². The molecule has 3 rings (SSSR count). The van der Waals surface area contributed by atoms with E-state index >= 15 is 0 Å². The Morgan fingerprint density at radius 2 is 2.20 bits per heavy atom. The first kappa shape index (κ1) is 13.7. The van der Waals surface area contributed by atoms with Crippen molar-refractivity contribution >= 4 is 11.8 Å². The molecule has 0 amide bonds. The summed E-state index contributed by atoms with van der Waals surface area (Å²) in [6.07, 6.45) is 5.83. The minimum absolute atomic E-state index is 0.0629. The van der Waals surface area contributed by atoms with Crippen molar-refractivity contribution in [3.63, 3.8) is 0 Å². The number of rotatable bonds is 3. The van der Waals surface area contributed by atoms with Crippen LogP contribution >= 0.6 is 11.8 Å². The molecule has 0 saturated carbocycles. The molecule has 2 heterocycles. The number of hydrogen-bond donors (Lipinski definition) is 2. The number of nitrogens with one attached hydrogen (secondary N) is 1. The van der Waals surface area contributed by atoms with Crippen LogP contribution in [-0.4, -0.2) is 10.7 Å². The molecule has 2 aliphatic heterocycles. The van der Waals surface area contributed by atoms with E-state index in [1.165, 1.54) is 0 Å². The second kappa shape index (κ2) is 5.24. The van der Waals surface area contributed by atoms with E-state index in [1.54, 1.807) is 11.8 Å². The first-order valence-electron chi connectivity index (χ1n) is 7.29. The topological polar surface area (TPSA) is 41.5 Å². The van der Waals surface area contributed by atoms with Crippen LogP contribution in [0.2, 0.25) is 0 Å². The van der Waals surface area contributed by atoms with Crippen LogP contribution in [0.15, 0.2) is 23.7 Å². The Kier molecular flexibility index (Phi) is 3.59. The van der Waals surface area contributed by atoms with E-state index in [0.29, 0.717) is 5.75 Å². The molecule has 1 atom stereocenters. The van der Waals surface area contributed by atoms with E-state index in [-0.39, 0.29) is 11.0 Å². The number of aromatic hydroxyl groups is 1. The monoisotopic (exact) mass is 291 g/mol. The largest absolute Gasteiger partial charge is 0.508 e. The maximum absolute atomic E-state index is 10.3. The molecule has 0 spiro atoms. The summed E-state index contributed by atoms with van der Waals surface area (Å²) in [6, 6.07) is 3.96. The number of phenols is 1. The minimum Gasteiger partial charge on any atom is -0.508 e. The van der Waals surface area contributed by atoms with Crippen LogP contribution in [0.5, 0.6) is 11.5 Å². The third-order valence-electron chi connectivity index (χ3n) is 4.49. The van der Waals surface area contributed by atoms with Crippen molar-refractivity contribution in [1.29, 1.82) is 0 Å². The fourth-order valence-electron chi connectivity index (χ4n) is 2.99. The van der Waals surface area contributed by atoms with E-state index in [1.807, 2.05) is 17.7 Å². The van der Waals surface area contributed by atoms with E-state index in [9.17, 15) is 5.11 Å². The van der Waals surface area contributed by atoms with Gasteiger partial charge >= 0.3 is 0 Å². The highest BCUT2D eigenvalue weighted by atomic mass is 32.2. The molecule has 2 aliphatic rings. The summed E-state index contributed by atoms with van der Waals surface area (Å²) in [5.41, 5.74) is 1.97. The van der Waals surface area contributed by atoms with Crippen LogP contribution in [-0.2, 0) is 6.42 Å². The molecule has 1 aromatic rings. The van der Waals surface area contributed by atoms with Gasteiger partial charge < -0.3 is 15.2 Å². The summed E-state index contributed by atoms with van der Waals surface area (Å²) < 4.78 is 6.28. The van der Waals surface area contributed by atoms with Crippen molar-refractivity contribution in [1.82, 2.24) is 5.32 Å². The Balaban J connectivity index is 1.95. The number of fused-ring (bicyclic) bond motifs is 1. The fourth-order valence-corrected chi connectivity index (χ4v) is 3.75. The molecule has 0 radical (unpaired) electrons. The van der Waals surface area contributed by atoms with Gasteiger partial charge in [0, 0.05) is 11.8 Å².